The molecule has 3 rings (SSSR count). The maximum absolute atomic E-state index is 12.9. The summed E-state index contributed by atoms with van der Waals surface area (Å²) >= 11 is 0. The second-order valence-corrected chi connectivity index (χ2v) is 6.45. The zero-order valence-corrected chi connectivity index (χ0v) is 15.5. The smallest absolute Gasteiger partial charge is 0.416 e. The number of ether oxygens (including phenoxy) is 1. The fourth-order valence-electron chi connectivity index (χ4n) is 3.04. The molecule has 9 heteroatoms. The molecule has 1 aromatic heterocycles. The van der Waals surface area contributed by atoms with Crippen LogP contribution in [0.15, 0.2) is 45.6 Å². The fraction of sp³-hybridized carbons (Fsp3) is 0.250. The number of rotatable bonds is 5. The van der Waals surface area contributed by atoms with Crippen LogP contribution in [-0.2, 0) is 12.6 Å². The number of nitro benzene ring substituents is 1. The number of hydrogen-bond donors (Lipinski definition) is 0. The molecule has 2 aromatic carbocycles. The van der Waals surface area contributed by atoms with Crippen molar-refractivity contribution in [1.29, 1.82) is 0 Å². The minimum absolute atomic E-state index is 0.136. The number of alkyl halides is 3. The van der Waals surface area contributed by atoms with Crippen molar-refractivity contribution in [3.63, 3.8) is 0 Å². The lowest BCUT2D eigenvalue weighted by Gasteiger charge is -2.13. The predicted octanol–water partition coefficient (Wildman–Crippen LogP) is 5.77. The third-order valence-electron chi connectivity index (χ3n) is 4.42. The lowest BCUT2D eigenvalue weighted by molar-refractivity contribution is -0.385. The van der Waals surface area contributed by atoms with E-state index in [1.165, 1.54) is 12.1 Å². The van der Waals surface area contributed by atoms with Crippen molar-refractivity contribution in [2.75, 3.05) is 0 Å². The highest BCUT2D eigenvalue weighted by atomic mass is 19.4. The van der Waals surface area contributed by atoms with E-state index >= 15 is 0 Å². The molecule has 0 spiro atoms. The number of hydrogen-bond acceptors (Lipinski definition) is 5. The van der Waals surface area contributed by atoms with Gasteiger partial charge in [-0.1, -0.05) is 13.3 Å². The number of fused-ring (bicyclic) bond motifs is 1. The average Bonchev–Trinajstić information content (AvgIpc) is 2.64. The van der Waals surface area contributed by atoms with Crippen LogP contribution in [0.4, 0.5) is 18.9 Å². The van der Waals surface area contributed by atoms with E-state index < -0.39 is 28.0 Å². The van der Waals surface area contributed by atoms with Crippen molar-refractivity contribution >= 4 is 16.7 Å². The van der Waals surface area contributed by atoms with Gasteiger partial charge in [0.2, 0.25) is 5.75 Å². The summed E-state index contributed by atoms with van der Waals surface area (Å²) in [6, 6.07) is 6.63. The first-order valence-electron chi connectivity index (χ1n) is 8.71. The molecule has 0 aliphatic carbocycles. The Bertz CT molecular complexity index is 1150. The molecular weight excluding hydrogens is 391 g/mol. The molecule has 3 aromatic rings. The number of nitro groups is 1. The number of halogens is 3. The van der Waals surface area contributed by atoms with Gasteiger partial charge < -0.3 is 9.15 Å². The van der Waals surface area contributed by atoms with E-state index in [9.17, 15) is 28.1 Å². The second kappa shape index (κ2) is 7.57. The van der Waals surface area contributed by atoms with Gasteiger partial charge >= 0.3 is 17.5 Å². The average molecular weight is 407 g/mol. The second-order valence-electron chi connectivity index (χ2n) is 6.45. The van der Waals surface area contributed by atoms with Crippen LogP contribution in [0.2, 0.25) is 0 Å². The van der Waals surface area contributed by atoms with Gasteiger partial charge in [-0.2, -0.15) is 13.2 Å². The first-order valence-corrected chi connectivity index (χ1v) is 8.71. The molecule has 6 nitrogen and oxygen atoms in total. The molecule has 0 fully saturated rings. The molecule has 0 unspecified atom stereocenters. The minimum atomic E-state index is -4.72. The van der Waals surface area contributed by atoms with Gasteiger partial charge in [0.1, 0.15) is 11.3 Å². The van der Waals surface area contributed by atoms with Crippen molar-refractivity contribution in [2.45, 2.75) is 32.9 Å². The van der Waals surface area contributed by atoms with E-state index in [1.807, 2.05) is 6.92 Å². The van der Waals surface area contributed by atoms with Gasteiger partial charge in [-0.05, 0) is 43.2 Å². The third kappa shape index (κ3) is 4.08. The Morgan fingerprint density at radius 1 is 1.14 bits per heavy atom. The van der Waals surface area contributed by atoms with Crippen LogP contribution in [0.1, 0.15) is 30.0 Å². The molecule has 0 saturated heterocycles. The Morgan fingerprint density at radius 3 is 2.45 bits per heavy atom. The van der Waals surface area contributed by atoms with Gasteiger partial charge in [-0.3, -0.25) is 10.1 Å². The third-order valence-corrected chi connectivity index (χ3v) is 4.42. The van der Waals surface area contributed by atoms with E-state index in [2.05, 4.69) is 0 Å². The maximum Gasteiger partial charge on any atom is 0.416 e. The first kappa shape index (κ1) is 20.4. The summed E-state index contributed by atoms with van der Waals surface area (Å²) in [6.45, 7) is 3.57. The van der Waals surface area contributed by atoms with Crippen molar-refractivity contribution < 1.29 is 27.2 Å². The molecular formula is C20H16F3NO5. The van der Waals surface area contributed by atoms with E-state index in [1.54, 1.807) is 13.0 Å². The molecule has 0 bridgehead atoms. The van der Waals surface area contributed by atoms with Crippen molar-refractivity contribution in [1.82, 2.24) is 0 Å². The van der Waals surface area contributed by atoms with E-state index in [0.29, 0.717) is 29.5 Å². The van der Waals surface area contributed by atoms with Gasteiger partial charge in [-0.15, -0.1) is 0 Å². The normalized spacial score (nSPS) is 11.6. The van der Waals surface area contributed by atoms with Crippen LogP contribution in [-0.4, -0.2) is 4.92 Å². The summed E-state index contributed by atoms with van der Waals surface area (Å²) < 4.78 is 49.4. The van der Waals surface area contributed by atoms with Crippen LogP contribution in [0, 0.1) is 17.0 Å². The summed E-state index contributed by atoms with van der Waals surface area (Å²) in [5.41, 5.74) is -1.03. The lowest BCUT2D eigenvalue weighted by atomic mass is 10.0. The zero-order valence-electron chi connectivity index (χ0n) is 15.5. The number of benzene rings is 2. The molecule has 0 aliphatic heterocycles. The van der Waals surface area contributed by atoms with Gasteiger partial charge in [0.15, 0.2) is 0 Å². The highest BCUT2D eigenvalue weighted by Gasteiger charge is 2.33. The summed E-state index contributed by atoms with van der Waals surface area (Å²) in [6.07, 6.45) is -3.25. The Balaban J connectivity index is 2.10. The Kier molecular flexibility index (Phi) is 5.32. The number of nitrogens with zero attached hydrogens (tertiary/aromatic N) is 1. The topological polar surface area (TPSA) is 82.6 Å². The summed E-state index contributed by atoms with van der Waals surface area (Å²) in [7, 11) is 0. The quantitative estimate of drug-likeness (QED) is 0.304. The Hall–Kier alpha value is -3.36. The number of aryl methyl sites for hydroxylation is 2. The highest BCUT2D eigenvalue weighted by Crippen LogP contribution is 2.39. The van der Waals surface area contributed by atoms with Gasteiger partial charge in [0.05, 0.1) is 10.5 Å². The highest BCUT2D eigenvalue weighted by molar-refractivity contribution is 5.85. The van der Waals surface area contributed by atoms with Crippen molar-refractivity contribution in [3.05, 3.63) is 73.6 Å². The summed E-state index contributed by atoms with van der Waals surface area (Å²) in [5, 5.41) is 12.0. The SMILES string of the molecule is CCCc1cc(=O)oc2c(C)c(Oc3ccc(C(F)(F)F)cc3[N+](=O)[O-])ccc12. The van der Waals surface area contributed by atoms with Crippen LogP contribution in [0.5, 0.6) is 11.5 Å². The molecule has 1 heterocycles. The van der Waals surface area contributed by atoms with Crippen LogP contribution < -0.4 is 10.4 Å². The molecule has 152 valence electrons. The Morgan fingerprint density at radius 2 is 1.83 bits per heavy atom. The first-order chi connectivity index (χ1) is 13.6. The molecule has 0 saturated carbocycles. The molecule has 29 heavy (non-hydrogen) atoms. The Labute approximate surface area is 162 Å². The van der Waals surface area contributed by atoms with Crippen LogP contribution in [0.3, 0.4) is 0 Å². The molecule has 0 N–H and O–H groups in total. The summed E-state index contributed by atoms with van der Waals surface area (Å²) in [4.78, 5) is 22.2. The monoisotopic (exact) mass is 407 g/mol. The van der Waals surface area contributed by atoms with Crippen molar-refractivity contribution in [2.24, 2.45) is 0 Å². The maximum atomic E-state index is 12.9. The predicted molar refractivity (Wildman–Crippen MR) is 99.4 cm³/mol. The van der Waals surface area contributed by atoms with Crippen LogP contribution >= 0.6 is 0 Å². The van der Waals surface area contributed by atoms with Gasteiger partial charge in [-0.25, -0.2) is 4.79 Å². The standard InChI is InChI=1S/C20H16F3NO5/c1-3-4-12-9-18(25)29-19-11(2)16(8-6-14(12)19)28-17-7-5-13(20(21,22)23)10-15(17)24(26)27/h5-10H,3-4H2,1-2H3. The largest absolute Gasteiger partial charge is 0.450 e. The van der Waals surface area contributed by atoms with E-state index in [0.717, 1.165) is 18.1 Å². The molecule has 0 amide bonds. The summed E-state index contributed by atoms with van der Waals surface area (Å²) in [5.74, 6) is -0.213. The van der Waals surface area contributed by atoms with E-state index in [4.69, 9.17) is 9.15 Å². The molecule has 0 radical (unpaired) electrons. The molecule has 0 aliphatic rings. The zero-order chi connectivity index (χ0) is 21.3. The minimum Gasteiger partial charge on any atom is -0.450 e. The fourth-order valence-corrected chi connectivity index (χ4v) is 3.04. The van der Waals surface area contributed by atoms with Gasteiger partial charge in [0, 0.05) is 23.1 Å². The van der Waals surface area contributed by atoms with E-state index in [-0.39, 0.29) is 17.1 Å². The lowest BCUT2D eigenvalue weighted by Crippen LogP contribution is -2.06. The van der Waals surface area contributed by atoms with Crippen LogP contribution in [0.25, 0.3) is 11.0 Å². The van der Waals surface area contributed by atoms with Crippen molar-refractivity contribution in [3.8, 4) is 11.5 Å². The van der Waals surface area contributed by atoms with Gasteiger partial charge in [0.25, 0.3) is 0 Å². The molecule has 0 atom stereocenters.